The van der Waals surface area contributed by atoms with E-state index < -0.39 is 6.43 Å². The van der Waals surface area contributed by atoms with Crippen LogP contribution in [0.1, 0.15) is 12.0 Å². The van der Waals surface area contributed by atoms with Crippen molar-refractivity contribution in [2.45, 2.75) is 6.43 Å². The second kappa shape index (κ2) is 3.09. The molecule has 0 spiro atoms. The Labute approximate surface area is 82.6 Å². The summed E-state index contributed by atoms with van der Waals surface area (Å²) >= 11 is 1.27. The van der Waals surface area contributed by atoms with E-state index >= 15 is 0 Å². The standard InChI is InChI=1S/C9H7F2NOS/c10-9(11)5-3-4-1-2-14-8(4)7(13)6(5)12/h1-3,9,13H,12H2. The SMILES string of the molecule is Nc1c(C(F)F)cc2ccsc2c1O. The normalized spacial score (nSPS) is 11.4. The molecule has 0 bridgehead atoms. The number of aromatic hydroxyl groups is 1. The van der Waals surface area contributed by atoms with E-state index in [2.05, 4.69) is 0 Å². The lowest BCUT2D eigenvalue weighted by atomic mass is 10.1. The quantitative estimate of drug-likeness (QED) is 0.567. The number of nitrogen functional groups attached to an aromatic ring is 1. The largest absolute Gasteiger partial charge is 0.504 e. The number of rotatable bonds is 1. The van der Waals surface area contributed by atoms with E-state index in [0.29, 0.717) is 10.1 Å². The van der Waals surface area contributed by atoms with Crippen molar-refractivity contribution in [3.63, 3.8) is 0 Å². The predicted octanol–water partition coefficient (Wildman–Crippen LogP) is 3.13. The van der Waals surface area contributed by atoms with Crippen LogP contribution in [0, 0.1) is 0 Å². The second-order valence-corrected chi connectivity index (χ2v) is 3.78. The van der Waals surface area contributed by atoms with Gasteiger partial charge in [-0.2, -0.15) is 0 Å². The first-order valence-electron chi connectivity index (χ1n) is 3.88. The maximum atomic E-state index is 12.5. The van der Waals surface area contributed by atoms with Crippen LogP contribution in [0.3, 0.4) is 0 Å². The van der Waals surface area contributed by atoms with E-state index in [-0.39, 0.29) is 17.0 Å². The second-order valence-electron chi connectivity index (χ2n) is 2.87. The number of nitrogens with two attached hydrogens (primary N) is 1. The molecule has 0 saturated carbocycles. The molecule has 3 N–H and O–H groups in total. The highest BCUT2D eigenvalue weighted by atomic mass is 32.1. The van der Waals surface area contributed by atoms with Crippen molar-refractivity contribution in [1.29, 1.82) is 0 Å². The molecule has 1 aromatic carbocycles. The van der Waals surface area contributed by atoms with Crippen molar-refractivity contribution in [3.8, 4) is 5.75 Å². The van der Waals surface area contributed by atoms with Gasteiger partial charge in [0.1, 0.15) is 0 Å². The zero-order chi connectivity index (χ0) is 10.3. The van der Waals surface area contributed by atoms with Gasteiger partial charge in [0.2, 0.25) is 0 Å². The lowest BCUT2D eigenvalue weighted by molar-refractivity contribution is 0.152. The van der Waals surface area contributed by atoms with Crippen molar-refractivity contribution in [2.24, 2.45) is 0 Å². The van der Waals surface area contributed by atoms with Crippen molar-refractivity contribution >= 4 is 27.1 Å². The molecule has 14 heavy (non-hydrogen) atoms. The molecule has 74 valence electrons. The summed E-state index contributed by atoms with van der Waals surface area (Å²) in [4.78, 5) is 0. The number of anilines is 1. The van der Waals surface area contributed by atoms with Crippen LogP contribution in [0.5, 0.6) is 5.75 Å². The highest BCUT2D eigenvalue weighted by Crippen LogP contribution is 2.40. The molecule has 2 rings (SSSR count). The number of thiophene rings is 1. The monoisotopic (exact) mass is 215 g/mol. The van der Waals surface area contributed by atoms with E-state index in [0.717, 1.165) is 0 Å². The van der Waals surface area contributed by atoms with E-state index in [4.69, 9.17) is 5.73 Å². The number of halogens is 2. The first-order chi connectivity index (χ1) is 6.61. The molecule has 0 aliphatic carbocycles. The van der Waals surface area contributed by atoms with Crippen LogP contribution in [-0.2, 0) is 0 Å². The lowest BCUT2D eigenvalue weighted by Crippen LogP contribution is -1.95. The van der Waals surface area contributed by atoms with Gasteiger partial charge in [-0.25, -0.2) is 8.78 Å². The number of phenolic OH excluding ortho intramolecular Hbond substituents is 1. The third-order valence-corrected chi connectivity index (χ3v) is 2.96. The molecular weight excluding hydrogens is 208 g/mol. The lowest BCUT2D eigenvalue weighted by Gasteiger charge is -2.07. The van der Waals surface area contributed by atoms with Gasteiger partial charge >= 0.3 is 0 Å². The van der Waals surface area contributed by atoms with Crippen LogP contribution in [0.2, 0.25) is 0 Å². The number of benzene rings is 1. The predicted molar refractivity (Wildman–Crippen MR) is 52.9 cm³/mol. The Bertz CT molecular complexity index is 481. The summed E-state index contributed by atoms with van der Waals surface area (Å²) in [6.07, 6.45) is -2.66. The van der Waals surface area contributed by atoms with Gasteiger partial charge in [-0.3, -0.25) is 0 Å². The zero-order valence-electron chi connectivity index (χ0n) is 7.00. The van der Waals surface area contributed by atoms with Crippen LogP contribution in [0.25, 0.3) is 10.1 Å². The average molecular weight is 215 g/mol. The molecule has 0 amide bonds. The fraction of sp³-hybridized carbons (Fsp3) is 0.111. The summed E-state index contributed by atoms with van der Waals surface area (Å²) < 4.78 is 25.5. The summed E-state index contributed by atoms with van der Waals surface area (Å²) in [6, 6.07) is 2.98. The highest BCUT2D eigenvalue weighted by molar-refractivity contribution is 7.17. The smallest absolute Gasteiger partial charge is 0.265 e. The molecule has 0 radical (unpaired) electrons. The summed E-state index contributed by atoms with van der Waals surface area (Å²) in [5, 5.41) is 11.8. The molecule has 0 fully saturated rings. The molecule has 0 aliphatic rings. The third kappa shape index (κ3) is 1.21. The first kappa shape index (κ1) is 9.21. The van der Waals surface area contributed by atoms with E-state index in [1.165, 1.54) is 17.4 Å². The number of hydrogen-bond donors (Lipinski definition) is 2. The van der Waals surface area contributed by atoms with Crippen LogP contribution in [0.4, 0.5) is 14.5 Å². The average Bonchev–Trinajstić information content (AvgIpc) is 2.58. The molecule has 0 unspecified atom stereocenters. The summed E-state index contributed by atoms with van der Waals surface area (Å²) in [5.74, 6) is -0.243. The van der Waals surface area contributed by atoms with Crippen molar-refractivity contribution in [1.82, 2.24) is 0 Å². The minimum atomic E-state index is -2.66. The fourth-order valence-corrected chi connectivity index (χ4v) is 2.15. The summed E-state index contributed by atoms with van der Waals surface area (Å²) in [7, 11) is 0. The third-order valence-electron chi connectivity index (χ3n) is 2.02. The molecule has 2 aromatic rings. The van der Waals surface area contributed by atoms with Gasteiger partial charge in [-0.15, -0.1) is 11.3 Å². The Kier molecular flexibility index (Phi) is 2.03. The van der Waals surface area contributed by atoms with Crippen LogP contribution < -0.4 is 5.73 Å². The number of alkyl halides is 2. The van der Waals surface area contributed by atoms with E-state index in [9.17, 15) is 13.9 Å². The molecule has 0 atom stereocenters. The van der Waals surface area contributed by atoms with Crippen LogP contribution in [0.15, 0.2) is 17.5 Å². The molecule has 1 aromatic heterocycles. The highest BCUT2D eigenvalue weighted by Gasteiger charge is 2.17. The summed E-state index contributed by atoms with van der Waals surface area (Å²) in [6.45, 7) is 0. The van der Waals surface area contributed by atoms with Gasteiger partial charge in [-0.05, 0) is 22.9 Å². The summed E-state index contributed by atoms with van der Waals surface area (Å²) in [5.41, 5.74) is 4.85. The van der Waals surface area contributed by atoms with Gasteiger partial charge in [0.15, 0.2) is 5.75 Å². The van der Waals surface area contributed by atoms with Crippen molar-refractivity contribution in [3.05, 3.63) is 23.1 Å². The Morgan fingerprint density at radius 3 is 2.79 bits per heavy atom. The Balaban J connectivity index is 2.80. The van der Waals surface area contributed by atoms with Crippen molar-refractivity contribution in [2.75, 3.05) is 5.73 Å². The molecule has 1 heterocycles. The molecule has 0 aliphatic heterocycles. The fourth-order valence-electron chi connectivity index (χ4n) is 1.31. The zero-order valence-corrected chi connectivity index (χ0v) is 7.81. The van der Waals surface area contributed by atoms with E-state index in [1.807, 2.05) is 0 Å². The van der Waals surface area contributed by atoms with Gasteiger partial charge in [-0.1, -0.05) is 0 Å². The first-order valence-corrected chi connectivity index (χ1v) is 4.76. The Morgan fingerprint density at radius 1 is 1.43 bits per heavy atom. The van der Waals surface area contributed by atoms with Crippen LogP contribution in [-0.4, -0.2) is 5.11 Å². The molecule has 0 saturated heterocycles. The van der Waals surface area contributed by atoms with Gasteiger partial charge < -0.3 is 10.8 Å². The molecular formula is C9H7F2NOS. The Hall–Kier alpha value is -1.36. The maximum Gasteiger partial charge on any atom is 0.265 e. The van der Waals surface area contributed by atoms with Crippen molar-refractivity contribution < 1.29 is 13.9 Å². The topological polar surface area (TPSA) is 46.2 Å². The van der Waals surface area contributed by atoms with Gasteiger partial charge in [0.05, 0.1) is 10.4 Å². The number of hydrogen-bond acceptors (Lipinski definition) is 3. The van der Waals surface area contributed by atoms with Gasteiger partial charge in [0.25, 0.3) is 6.43 Å². The number of fused-ring (bicyclic) bond motifs is 1. The molecule has 2 nitrogen and oxygen atoms in total. The Morgan fingerprint density at radius 2 is 2.14 bits per heavy atom. The molecule has 5 heteroatoms. The van der Waals surface area contributed by atoms with Gasteiger partial charge in [0, 0.05) is 5.56 Å². The maximum absolute atomic E-state index is 12.5. The van der Waals surface area contributed by atoms with Crippen LogP contribution >= 0.6 is 11.3 Å². The minimum Gasteiger partial charge on any atom is -0.504 e. The van der Waals surface area contributed by atoms with E-state index in [1.54, 1.807) is 11.4 Å². The minimum absolute atomic E-state index is 0.227. The number of phenols is 1.